The van der Waals surface area contributed by atoms with Crippen molar-refractivity contribution in [3.63, 3.8) is 0 Å². The third-order valence-electron chi connectivity index (χ3n) is 6.80. The summed E-state index contributed by atoms with van der Waals surface area (Å²) in [6.07, 6.45) is 0. The summed E-state index contributed by atoms with van der Waals surface area (Å²) in [5.41, 5.74) is -1.02. The lowest BCUT2D eigenvalue weighted by Gasteiger charge is -2.34. The van der Waals surface area contributed by atoms with Gasteiger partial charge in [0, 0.05) is 16.7 Å². The van der Waals surface area contributed by atoms with Gasteiger partial charge in [-0.1, -0.05) is 45.9 Å². The van der Waals surface area contributed by atoms with Gasteiger partial charge in [0.25, 0.3) is 10.1 Å². The maximum atomic E-state index is 15.4. The molecule has 0 aliphatic carbocycles. The van der Waals surface area contributed by atoms with Crippen molar-refractivity contribution in [2.24, 2.45) is 0 Å². The molecule has 8 heteroatoms. The molecule has 0 saturated heterocycles. The quantitative estimate of drug-likeness (QED) is 0.412. The van der Waals surface area contributed by atoms with Gasteiger partial charge in [-0.15, -0.1) is 0 Å². The Morgan fingerprint density at radius 2 is 1.23 bits per heavy atom. The van der Waals surface area contributed by atoms with Gasteiger partial charge >= 0.3 is 0 Å². The van der Waals surface area contributed by atoms with E-state index in [1.165, 1.54) is 32.0 Å². The van der Waals surface area contributed by atoms with E-state index in [-0.39, 0.29) is 55.7 Å². The molecule has 0 spiro atoms. The van der Waals surface area contributed by atoms with Crippen LogP contribution in [0.4, 0.5) is 8.78 Å². The molecule has 4 rings (SSSR count). The Bertz CT molecular complexity index is 1390. The first-order valence-electron chi connectivity index (χ1n) is 11.4. The summed E-state index contributed by atoms with van der Waals surface area (Å²) >= 11 is 0. The maximum Gasteiger partial charge on any atom is 0.298 e. The van der Waals surface area contributed by atoms with E-state index in [1.807, 2.05) is 0 Å². The van der Waals surface area contributed by atoms with Crippen molar-refractivity contribution in [3.05, 3.63) is 87.0 Å². The maximum absolute atomic E-state index is 15.4. The number of fused-ring (bicyclic) bond motifs is 1. The van der Waals surface area contributed by atoms with E-state index in [1.54, 1.807) is 45.9 Å². The van der Waals surface area contributed by atoms with Crippen molar-refractivity contribution in [1.82, 2.24) is 0 Å². The predicted octanol–water partition coefficient (Wildman–Crippen LogP) is 6.25. The summed E-state index contributed by atoms with van der Waals surface area (Å²) < 4.78 is 63.2. The number of rotatable bonds is 4. The Morgan fingerprint density at radius 3 is 1.66 bits per heavy atom. The Labute approximate surface area is 204 Å². The fourth-order valence-electron chi connectivity index (χ4n) is 4.88. The Morgan fingerprint density at radius 1 is 0.800 bits per heavy atom. The zero-order valence-corrected chi connectivity index (χ0v) is 21.2. The predicted molar refractivity (Wildman–Crippen MR) is 128 cm³/mol. The minimum absolute atomic E-state index is 0.0298. The minimum Gasteiger partial charge on any atom is -0.505 e. The highest BCUT2D eigenvalue weighted by Gasteiger charge is 2.53. The second kappa shape index (κ2) is 8.31. The standard InChI is InChI=1S/C27H28F2O5S/c1-13(2)17-11-20(15(5)23(28)25(17)30)27(19-9-7-8-10-22(19)35(32,33)34-27)21-12-18(14(3)4)26(31)24(29)16(21)6/h7-14,30-31H,1-6H3. The van der Waals surface area contributed by atoms with Crippen LogP contribution in [0, 0.1) is 25.5 Å². The lowest BCUT2D eigenvalue weighted by atomic mass is 9.74. The molecule has 2 N–H and O–H groups in total. The fourth-order valence-corrected chi connectivity index (χ4v) is 6.29. The van der Waals surface area contributed by atoms with Crippen LogP contribution in [0.25, 0.3) is 0 Å². The van der Waals surface area contributed by atoms with Gasteiger partial charge in [0.15, 0.2) is 28.7 Å². The molecule has 0 bridgehead atoms. The molecule has 0 radical (unpaired) electrons. The van der Waals surface area contributed by atoms with Crippen molar-refractivity contribution in [3.8, 4) is 11.5 Å². The lowest BCUT2D eigenvalue weighted by Crippen LogP contribution is -2.32. The third-order valence-corrected chi connectivity index (χ3v) is 8.17. The smallest absolute Gasteiger partial charge is 0.298 e. The summed E-state index contributed by atoms with van der Waals surface area (Å²) in [4.78, 5) is -0.113. The number of aromatic hydroxyl groups is 2. The van der Waals surface area contributed by atoms with Crippen molar-refractivity contribution >= 4 is 10.1 Å². The van der Waals surface area contributed by atoms with Crippen molar-refractivity contribution in [1.29, 1.82) is 0 Å². The van der Waals surface area contributed by atoms with Crippen molar-refractivity contribution < 1.29 is 31.6 Å². The van der Waals surface area contributed by atoms with Crippen LogP contribution in [0.2, 0.25) is 0 Å². The first-order chi connectivity index (χ1) is 16.3. The molecule has 0 atom stereocenters. The molecule has 1 heterocycles. The molecular formula is C27H28F2O5S. The summed E-state index contributed by atoms with van der Waals surface area (Å²) in [5, 5.41) is 21.0. The van der Waals surface area contributed by atoms with E-state index in [9.17, 15) is 18.6 Å². The molecule has 5 nitrogen and oxygen atoms in total. The molecule has 0 fully saturated rings. The number of halogens is 2. The van der Waals surface area contributed by atoms with E-state index in [0.29, 0.717) is 0 Å². The van der Waals surface area contributed by atoms with Gasteiger partial charge in [0.05, 0.1) is 0 Å². The highest BCUT2D eigenvalue weighted by Crippen LogP contribution is 2.54. The van der Waals surface area contributed by atoms with E-state index < -0.39 is 38.9 Å². The molecule has 0 aromatic heterocycles. The normalized spacial score (nSPS) is 16.2. The van der Waals surface area contributed by atoms with Gasteiger partial charge < -0.3 is 10.2 Å². The second-order valence-corrected chi connectivity index (χ2v) is 11.1. The molecule has 1 aliphatic rings. The van der Waals surface area contributed by atoms with Gasteiger partial charge in [-0.25, -0.2) is 13.0 Å². The first kappa shape index (κ1) is 25.1. The molecule has 3 aromatic carbocycles. The largest absolute Gasteiger partial charge is 0.505 e. The number of hydrogen-bond donors (Lipinski definition) is 2. The van der Waals surface area contributed by atoms with Crippen LogP contribution in [-0.2, 0) is 19.9 Å². The summed E-state index contributed by atoms with van der Waals surface area (Å²) in [5.74, 6) is -3.48. The molecule has 35 heavy (non-hydrogen) atoms. The van der Waals surface area contributed by atoms with Gasteiger partial charge in [0.2, 0.25) is 0 Å². The van der Waals surface area contributed by atoms with E-state index >= 15 is 8.78 Å². The average molecular weight is 503 g/mol. The van der Waals surface area contributed by atoms with Crippen LogP contribution in [0.1, 0.15) is 78.5 Å². The number of benzene rings is 3. The molecule has 0 amide bonds. The van der Waals surface area contributed by atoms with Crippen LogP contribution < -0.4 is 0 Å². The van der Waals surface area contributed by atoms with Crippen LogP contribution in [0.5, 0.6) is 11.5 Å². The third kappa shape index (κ3) is 3.53. The molecule has 3 aromatic rings. The number of phenolic OH excluding ortho intramolecular Hbond substituents is 2. The zero-order valence-electron chi connectivity index (χ0n) is 20.4. The Balaban J connectivity index is 2.27. The Kier molecular flexibility index (Phi) is 5.97. The van der Waals surface area contributed by atoms with Gasteiger partial charge in [-0.05, 0) is 66.1 Å². The van der Waals surface area contributed by atoms with Crippen LogP contribution in [-0.4, -0.2) is 18.6 Å². The van der Waals surface area contributed by atoms with Crippen molar-refractivity contribution in [2.75, 3.05) is 0 Å². The number of phenols is 2. The molecule has 0 unspecified atom stereocenters. The van der Waals surface area contributed by atoms with Crippen LogP contribution in [0.15, 0.2) is 41.3 Å². The average Bonchev–Trinajstić information content (AvgIpc) is 3.03. The molecule has 186 valence electrons. The summed E-state index contributed by atoms with van der Waals surface area (Å²) in [7, 11) is -4.33. The van der Waals surface area contributed by atoms with Crippen molar-refractivity contribution in [2.45, 2.75) is 63.9 Å². The summed E-state index contributed by atoms with van der Waals surface area (Å²) in [6, 6.07) is 9.16. The Hall–Kier alpha value is -2.97. The minimum atomic E-state index is -4.33. The summed E-state index contributed by atoms with van der Waals surface area (Å²) in [6.45, 7) is 9.91. The first-order valence-corrected chi connectivity index (χ1v) is 12.8. The van der Waals surface area contributed by atoms with E-state index in [4.69, 9.17) is 4.18 Å². The molecule has 0 saturated carbocycles. The fraction of sp³-hybridized carbons (Fsp3) is 0.333. The topological polar surface area (TPSA) is 83.8 Å². The zero-order chi connectivity index (χ0) is 26.0. The number of hydrogen-bond acceptors (Lipinski definition) is 5. The van der Waals surface area contributed by atoms with Crippen LogP contribution in [0.3, 0.4) is 0 Å². The molecular weight excluding hydrogens is 474 g/mol. The lowest BCUT2D eigenvalue weighted by molar-refractivity contribution is 0.176. The van der Waals surface area contributed by atoms with E-state index in [2.05, 4.69) is 0 Å². The van der Waals surface area contributed by atoms with Gasteiger partial charge in [-0.3, -0.25) is 0 Å². The highest BCUT2D eigenvalue weighted by molar-refractivity contribution is 7.87. The van der Waals surface area contributed by atoms with Gasteiger partial charge in [-0.2, -0.15) is 8.42 Å². The van der Waals surface area contributed by atoms with Crippen LogP contribution >= 0.6 is 0 Å². The second-order valence-electron chi connectivity index (χ2n) is 9.63. The SMILES string of the molecule is Cc1c(C2(c3cc(C(C)C)c(O)c(F)c3C)OS(=O)(=O)c3ccccc32)cc(C(C)C)c(O)c1F. The highest BCUT2D eigenvalue weighted by atomic mass is 32.2. The van der Waals surface area contributed by atoms with Gasteiger partial charge in [0.1, 0.15) is 4.90 Å². The molecule has 1 aliphatic heterocycles. The van der Waals surface area contributed by atoms with E-state index in [0.717, 1.165) is 0 Å². The monoisotopic (exact) mass is 502 g/mol.